The van der Waals surface area contributed by atoms with Gasteiger partial charge in [-0.05, 0) is 31.0 Å². The molecule has 2 aliphatic rings. The highest BCUT2D eigenvalue weighted by Crippen LogP contribution is 2.32. The summed E-state index contributed by atoms with van der Waals surface area (Å²) in [6.07, 6.45) is 0.739. The van der Waals surface area contributed by atoms with Crippen LogP contribution < -0.4 is 4.90 Å². The molecule has 136 valence electrons. The summed E-state index contributed by atoms with van der Waals surface area (Å²) >= 11 is 0. The van der Waals surface area contributed by atoms with E-state index in [9.17, 15) is 14.0 Å². The van der Waals surface area contributed by atoms with Gasteiger partial charge in [-0.3, -0.25) is 4.79 Å². The lowest BCUT2D eigenvalue weighted by molar-refractivity contribution is -0.150. The van der Waals surface area contributed by atoms with Crippen molar-refractivity contribution in [3.05, 3.63) is 29.6 Å². The van der Waals surface area contributed by atoms with Crippen molar-refractivity contribution in [2.24, 2.45) is 0 Å². The van der Waals surface area contributed by atoms with Gasteiger partial charge in [-0.15, -0.1) is 0 Å². The first-order chi connectivity index (χ1) is 12.0. The summed E-state index contributed by atoms with van der Waals surface area (Å²) in [6, 6.07) is 4.01. The minimum Gasteiger partial charge on any atom is -0.467 e. The summed E-state index contributed by atoms with van der Waals surface area (Å²) in [4.78, 5) is 27.6. The highest BCUT2D eigenvalue weighted by atomic mass is 19.1. The van der Waals surface area contributed by atoms with Crippen LogP contribution in [0.5, 0.6) is 0 Å². The molecule has 6 nitrogen and oxygen atoms in total. The van der Waals surface area contributed by atoms with Crippen molar-refractivity contribution in [2.75, 3.05) is 38.3 Å². The fourth-order valence-electron chi connectivity index (χ4n) is 3.56. The Bertz CT molecular complexity index is 660. The Hall–Kier alpha value is -2.15. The molecule has 2 saturated heterocycles. The fourth-order valence-corrected chi connectivity index (χ4v) is 3.56. The highest BCUT2D eigenvalue weighted by Gasteiger charge is 2.40. The van der Waals surface area contributed by atoms with Crippen LogP contribution in [0.2, 0.25) is 0 Å². The average molecular weight is 350 g/mol. The molecular formula is C18H23FN2O4. The number of nitrogens with zero attached hydrogens (tertiary/aromatic N) is 2. The molecule has 7 heteroatoms. The number of amides is 1. The average Bonchev–Trinajstić information content (AvgIpc) is 3.02. The van der Waals surface area contributed by atoms with Gasteiger partial charge in [0.05, 0.1) is 32.1 Å². The van der Waals surface area contributed by atoms with Crippen molar-refractivity contribution >= 4 is 17.6 Å². The van der Waals surface area contributed by atoms with Gasteiger partial charge in [0.15, 0.2) is 0 Å². The van der Waals surface area contributed by atoms with E-state index in [4.69, 9.17) is 9.47 Å². The number of anilines is 1. The molecule has 0 aromatic heterocycles. The molecule has 2 heterocycles. The lowest BCUT2D eigenvalue weighted by Crippen LogP contribution is -2.41. The largest absolute Gasteiger partial charge is 0.467 e. The Morgan fingerprint density at radius 3 is 2.72 bits per heavy atom. The Morgan fingerprint density at radius 1 is 1.36 bits per heavy atom. The fraction of sp³-hybridized carbons (Fsp3) is 0.556. The van der Waals surface area contributed by atoms with Crippen molar-refractivity contribution < 1.29 is 23.5 Å². The predicted octanol–water partition coefficient (Wildman–Crippen LogP) is 1.89. The summed E-state index contributed by atoms with van der Waals surface area (Å²) in [5.74, 6) is -0.865. The number of esters is 1. The van der Waals surface area contributed by atoms with E-state index >= 15 is 0 Å². The van der Waals surface area contributed by atoms with E-state index in [1.807, 2.05) is 17.9 Å². The number of morpholine rings is 1. The van der Waals surface area contributed by atoms with Gasteiger partial charge >= 0.3 is 5.97 Å². The molecule has 2 atom stereocenters. The Labute approximate surface area is 146 Å². The summed E-state index contributed by atoms with van der Waals surface area (Å²) < 4.78 is 24.7. The van der Waals surface area contributed by atoms with Gasteiger partial charge in [-0.25, -0.2) is 9.18 Å². The minimum absolute atomic E-state index is 0.111. The van der Waals surface area contributed by atoms with Gasteiger partial charge in [-0.2, -0.15) is 0 Å². The number of likely N-dealkylation sites (tertiary alicyclic amines) is 1. The van der Waals surface area contributed by atoms with Crippen LogP contribution in [0.1, 0.15) is 31.4 Å². The molecule has 0 spiro atoms. The molecular weight excluding hydrogens is 327 g/mol. The molecule has 0 aliphatic carbocycles. The number of methoxy groups -OCH3 is 1. The number of carbonyl (C=O) groups excluding carboxylic acids is 2. The summed E-state index contributed by atoms with van der Waals surface area (Å²) in [7, 11) is 1.31. The van der Waals surface area contributed by atoms with Crippen molar-refractivity contribution in [3.8, 4) is 0 Å². The molecule has 1 aromatic rings. The zero-order chi connectivity index (χ0) is 18.0. The van der Waals surface area contributed by atoms with E-state index in [0.717, 1.165) is 0 Å². The predicted molar refractivity (Wildman–Crippen MR) is 89.7 cm³/mol. The van der Waals surface area contributed by atoms with E-state index in [2.05, 4.69) is 0 Å². The number of hydrogen-bond donors (Lipinski definition) is 0. The smallest absolute Gasteiger partial charge is 0.328 e. The summed E-state index contributed by atoms with van der Waals surface area (Å²) in [5, 5.41) is 0. The second-order valence-electron chi connectivity index (χ2n) is 6.36. The van der Waals surface area contributed by atoms with Crippen LogP contribution in [0.4, 0.5) is 10.1 Å². The van der Waals surface area contributed by atoms with Crippen LogP contribution >= 0.6 is 0 Å². The molecule has 1 amide bonds. The van der Waals surface area contributed by atoms with Gasteiger partial charge in [0, 0.05) is 19.5 Å². The normalized spacial score (nSPS) is 22.2. The number of rotatable bonds is 4. The van der Waals surface area contributed by atoms with Crippen LogP contribution in [0, 0.1) is 5.82 Å². The first kappa shape index (κ1) is 17.7. The number of ether oxygens (including phenoxy) is 2. The lowest BCUT2D eigenvalue weighted by Gasteiger charge is -2.31. The maximum absolute atomic E-state index is 14.6. The summed E-state index contributed by atoms with van der Waals surface area (Å²) in [6.45, 7) is 4.28. The molecule has 0 N–H and O–H groups in total. The van der Waals surface area contributed by atoms with Crippen LogP contribution in [0.25, 0.3) is 0 Å². The Morgan fingerprint density at radius 2 is 2.08 bits per heavy atom. The number of benzene rings is 1. The van der Waals surface area contributed by atoms with E-state index < -0.39 is 18.1 Å². The standard InChI is InChI=1S/C18H23FN2O4/c1-12(21-16(18(23)24-2)5-6-17(21)22)13-3-4-15(14(19)11-13)20-7-9-25-10-8-20/h3-4,11-12,16H,5-10H2,1-2H3. The zero-order valence-electron chi connectivity index (χ0n) is 14.5. The van der Waals surface area contributed by atoms with E-state index in [-0.39, 0.29) is 11.7 Å². The zero-order valence-corrected chi connectivity index (χ0v) is 14.5. The third-order valence-corrected chi connectivity index (χ3v) is 4.95. The first-order valence-corrected chi connectivity index (χ1v) is 8.54. The Kier molecular flexibility index (Phi) is 5.22. The monoisotopic (exact) mass is 350 g/mol. The first-order valence-electron chi connectivity index (χ1n) is 8.54. The molecule has 3 rings (SSSR count). The van der Waals surface area contributed by atoms with Crippen LogP contribution in [-0.4, -0.2) is 56.2 Å². The molecule has 2 unspecified atom stereocenters. The van der Waals surface area contributed by atoms with Crippen molar-refractivity contribution in [1.82, 2.24) is 4.90 Å². The molecule has 0 radical (unpaired) electrons. The van der Waals surface area contributed by atoms with Crippen molar-refractivity contribution in [3.63, 3.8) is 0 Å². The third-order valence-electron chi connectivity index (χ3n) is 4.95. The van der Waals surface area contributed by atoms with Gasteiger partial charge < -0.3 is 19.3 Å². The molecule has 25 heavy (non-hydrogen) atoms. The topological polar surface area (TPSA) is 59.1 Å². The maximum atomic E-state index is 14.6. The highest BCUT2D eigenvalue weighted by molar-refractivity contribution is 5.88. The summed E-state index contributed by atoms with van der Waals surface area (Å²) in [5.41, 5.74) is 1.20. The Balaban J connectivity index is 1.82. The molecule has 0 saturated carbocycles. The number of carbonyl (C=O) groups is 2. The number of hydrogen-bond acceptors (Lipinski definition) is 5. The van der Waals surface area contributed by atoms with Crippen LogP contribution in [0.15, 0.2) is 18.2 Å². The van der Waals surface area contributed by atoms with Crippen LogP contribution in [-0.2, 0) is 19.1 Å². The second kappa shape index (κ2) is 7.39. The maximum Gasteiger partial charge on any atom is 0.328 e. The second-order valence-corrected chi connectivity index (χ2v) is 6.36. The SMILES string of the molecule is COC(=O)C1CCC(=O)N1C(C)c1ccc(N2CCOCC2)c(F)c1. The minimum atomic E-state index is -0.602. The molecule has 2 fully saturated rings. The molecule has 1 aromatic carbocycles. The third kappa shape index (κ3) is 3.46. The van der Waals surface area contributed by atoms with E-state index in [1.165, 1.54) is 18.1 Å². The van der Waals surface area contributed by atoms with Gasteiger partial charge in [-0.1, -0.05) is 6.07 Å². The number of halogens is 1. The van der Waals surface area contributed by atoms with Crippen molar-refractivity contribution in [1.29, 1.82) is 0 Å². The van der Waals surface area contributed by atoms with Gasteiger partial charge in [0.2, 0.25) is 5.91 Å². The van der Waals surface area contributed by atoms with E-state index in [1.54, 1.807) is 6.07 Å². The molecule has 2 aliphatic heterocycles. The van der Waals surface area contributed by atoms with Gasteiger partial charge in [0.1, 0.15) is 11.9 Å². The molecule has 0 bridgehead atoms. The quantitative estimate of drug-likeness (QED) is 0.776. The van der Waals surface area contributed by atoms with E-state index in [0.29, 0.717) is 50.4 Å². The lowest BCUT2D eigenvalue weighted by atomic mass is 10.0. The van der Waals surface area contributed by atoms with Crippen LogP contribution in [0.3, 0.4) is 0 Å². The van der Waals surface area contributed by atoms with Crippen molar-refractivity contribution in [2.45, 2.75) is 31.8 Å². The van der Waals surface area contributed by atoms with Gasteiger partial charge in [0.25, 0.3) is 0 Å².